The third-order valence-electron chi connectivity index (χ3n) is 3.45. The van der Waals surface area contributed by atoms with Crippen LogP contribution < -0.4 is 11.1 Å². The summed E-state index contributed by atoms with van der Waals surface area (Å²) < 4.78 is 5.35. The van der Waals surface area contributed by atoms with Crippen molar-refractivity contribution in [1.29, 1.82) is 0 Å². The number of hydrogen-bond donors (Lipinski definition) is 2. The molecule has 0 aromatic carbocycles. The zero-order chi connectivity index (χ0) is 14.4. The molecule has 2 atom stereocenters. The summed E-state index contributed by atoms with van der Waals surface area (Å²) in [6.45, 7) is 7.50. The van der Waals surface area contributed by atoms with E-state index in [1.165, 1.54) is 0 Å². The first-order valence-electron chi connectivity index (χ1n) is 6.87. The molecule has 1 aliphatic rings. The van der Waals surface area contributed by atoms with E-state index in [9.17, 15) is 9.59 Å². The summed E-state index contributed by atoms with van der Waals surface area (Å²) >= 11 is 0. The quantitative estimate of drug-likeness (QED) is 0.720. The van der Waals surface area contributed by atoms with Gasteiger partial charge in [-0.15, -0.1) is 0 Å². The molecule has 0 spiro atoms. The Morgan fingerprint density at radius 1 is 1.47 bits per heavy atom. The maximum atomic E-state index is 12.1. The molecule has 0 bridgehead atoms. The monoisotopic (exact) mass is 271 g/mol. The van der Waals surface area contributed by atoms with E-state index in [4.69, 9.17) is 10.5 Å². The first-order chi connectivity index (χ1) is 8.97. The number of rotatable bonds is 5. The number of carbonyl (C=O) groups excluding carboxylic acids is 2. The van der Waals surface area contributed by atoms with Crippen LogP contribution in [0.3, 0.4) is 0 Å². The molecular formula is C13H25N3O3. The number of nitrogens with zero attached hydrogens (tertiary/aromatic N) is 1. The molecule has 1 rings (SSSR count). The van der Waals surface area contributed by atoms with Crippen molar-refractivity contribution in [2.45, 2.75) is 39.3 Å². The van der Waals surface area contributed by atoms with Crippen molar-refractivity contribution in [2.75, 3.05) is 26.3 Å². The lowest BCUT2D eigenvalue weighted by Gasteiger charge is -2.35. The van der Waals surface area contributed by atoms with E-state index in [1.54, 1.807) is 4.90 Å². The second-order valence-electron chi connectivity index (χ2n) is 5.21. The minimum Gasteiger partial charge on any atom is -0.377 e. The van der Waals surface area contributed by atoms with Gasteiger partial charge >= 0.3 is 0 Å². The zero-order valence-electron chi connectivity index (χ0n) is 12.0. The van der Waals surface area contributed by atoms with Crippen molar-refractivity contribution in [1.82, 2.24) is 10.2 Å². The molecule has 0 aliphatic carbocycles. The third-order valence-corrected chi connectivity index (χ3v) is 3.45. The minimum absolute atomic E-state index is 0.00968. The molecule has 1 unspecified atom stereocenters. The van der Waals surface area contributed by atoms with E-state index < -0.39 is 6.04 Å². The second-order valence-corrected chi connectivity index (χ2v) is 5.21. The molecule has 1 saturated heterocycles. The van der Waals surface area contributed by atoms with Crippen LogP contribution in [-0.4, -0.2) is 55.1 Å². The van der Waals surface area contributed by atoms with Crippen LogP contribution in [0.25, 0.3) is 0 Å². The van der Waals surface area contributed by atoms with Gasteiger partial charge in [-0.1, -0.05) is 20.8 Å². The summed E-state index contributed by atoms with van der Waals surface area (Å²) in [7, 11) is 0. The summed E-state index contributed by atoms with van der Waals surface area (Å²) in [5, 5.41) is 2.61. The Bertz CT molecular complexity index is 320. The van der Waals surface area contributed by atoms with Crippen LogP contribution in [0.5, 0.6) is 0 Å². The van der Waals surface area contributed by atoms with E-state index in [0.29, 0.717) is 19.8 Å². The maximum absolute atomic E-state index is 12.1. The highest BCUT2D eigenvalue weighted by molar-refractivity contribution is 5.87. The molecule has 110 valence electrons. The standard InChI is InChI=1S/C13H25N3O3/c1-4-10-8-19-6-5-16(10)11(17)7-15-13(18)12(14)9(2)3/h9-10,12H,4-8,14H2,1-3H3,(H,15,18)/t10?,12-/m0/s1. The Morgan fingerprint density at radius 2 is 2.16 bits per heavy atom. The Kier molecular flexibility index (Phi) is 6.24. The highest BCUT2D eigenvalue weighted by Gasteiger charge is 2.26. The van der Waals surface area contributed by atoms with Gasteiger partial charge in [-0.3, -0.25) is 9.59 Å². The largest absolute Gasteiger partial charge is 0.377 e. The highest BCUT2D eigenvalue weighted by atomic mass is 16.5. The predicted molar refractivity (Wildman–Crippen MR) is 72.4 cm³/mol. The average Bonchev–Trinajstić information content (AvgIpc) is 2.43. The lowest BCUT2D eigenvalue weighted by Crippen LogP contribution is -2.53. The molecule has 2 amide bonds. The molecule has 3 N–H and O–H groups in total. The number of nitrogens with two attached hydrogens (primary N) is 1. The van der Waals surface area contributed by atoms with Crippen molar-refractivity contribution in [3.05, 3.63) is 0 Å². The molecule has 0 radical (unpaired) electrons. The Morgan fingerprint density at radius 3 is 2.74 bits per heavy atom. The number of ether oxygens (including phenoxy) is 1. The lowest BCUT2D eigenvalue weighted by molar-refractivity contribution is -0.140. The van der Waals surface area contributed by atoms with Crippen LogP contribution >= 0.6 is 0 Å². The van der Waals surface area contributed by atoms with Gasteiger partial charge in [0.1, 0.15) is 0 Å². The van der Waals surface area contributed by atoms with E-state index in [0.717, 1.165) is 6.42 Å². The lowest BCUT2D eigenvalue weighted by atomic mass is 10.1. The summed E-state index contributed by atoms with van der Waals surface area (Å²) in [5.41, 5.74) is 5.72. The number of hydrogen-bond acceptors (Lipinski definition) is 4. The number of amides is 2. The van der Waals surface area contributed by atoms with Crippen LogP contribution in [0, 0.1) is 5.92 Å². The molecule has 19 heavy (non-hydrogen) atoms. The molecule has 6 nitrogen and oxygen atoms in total. The molecule has 6 heteroatoms. The van der Waals surface area contributed by atoms with Crippen LogP contribution in [0.15, 0.2) is 0 Å². The van der Waals surface area contributed by atoms with E-state index in [1.807, 2.05) is 20.8 Å². The van der Waals surface area contributed by atoms with Crippen LogP contribution in [0.2, 0.25) is 0 Å². The topological polar surface area (TPSA) is 84.7 Å². The fourth-order valence-electron chi connectivity index (χ4n) is 2.01. The van der Waals surface area contributed by atoms with Crippen LogP contribution in [0.4, 0.5) is 0 Å². The van der Waals surface area contributed by atoms with Crippen molar-refractivity contribution in [2.24, 2.45) is 11.7 Å². The summed E-state index contributed by atoms with van der Waals surface area (Å²) in [6.07, 6.45) is 0.852. The molecule has 1 heterocycles. The minimum atomic E-state index is -0.570. The molecule has 0 aromatic heterocycles. The molecular weight excluding hydrogens is 246 g/mol. The number of nitrogens with one attached hydrogen (secondary N) is 1. The van der Waals surface area contributed by atoms with Gasteiger partial charge in [0.05, 0.1) is 31.8 Å². The molecule has 1 aliphatic heterocycles. The van der Waals surface area contributed by atoms with Crippen molar-refractivity contribution in [3.8, 4) is 0 Å². The van der Waals surface area contributed by atoms with Crippen molar-refractivity contribution in [3.63, 3.8) is 0 Å². The van der Waals surface area contributed by atoms with E-state index in [2.05, 4.69) is 5.32 Å². The van der Waals surface area contributed by atoms with Gasteiger partial charge in [-0.2, -0.15) is 0 Å². The average molecular weight is 271 g/mol. The fourth-order valence-corrected chi connectivity index (χ4v) is 2.01. The Balaban J connectivity index is 2.44. The zero-order valence-corrected chi connectivity index (χ0v) is 12.0. The molecule has 0 saturated carbocycles. The van der Waals surface area contributed by atoms with Crippen molar-refractivity contribution >= 4 is 11.8 Å². The van der Waals surface area contributed by atoms with Gasteiger partial charge in [0, 0.05) is 6.54 Å². The normalized spacial score (nSPS) is 21.3. The second kappa shape index (κ2) is 7.45. The Labute approximate surface area is 114 Å². The van der Waals surface area contributed by atoms with Gasteiger partial charge in [0.25, 0.3) is 0 Å². The van der Waals surface area contributed by atoms with Gasteiger partial charge in [0.2, 0.25) is 11.8 Å². The predicted octanol–water partition coefficient (Wildman–Crippen LogP) is -0.277. The van der Waals surface area contributed by atoms with Crippen LogP contribution in [0.1, 0.15) is 27.2 Å². The molecule has 1 fully saturated rings. The van der Waals surface area contributed by atoms with Gasteiger partial charge < -0.3 is 20.7 Å². The van der Waals surface area contributed by atoms with E-state index >= 15 is 0 Å². The maximum Gasteiger partial charge on any atom is 0.242 e. The Hall–Kier alpha value is -1.14. The SMILES string of the molecule is CCC1COCCN1C(=O)CNC(=O)[C@@H](N)C(C)C. The van der Waals surface area contributed by atoms with Crippen LogP contribution in [-0.2, 0) is 14.3 Å². The smallest absolute Gasteiger partial charge is 0.242 e. The number of morpholine rings is 1. The third kappa shape index (κ3) is 4.47. The first kappa shape index (κ1) is 15.9. The summed E-state index contributed by atoms with van der Waals surface area (Å²) in [5.74, 6) is -0.286. The van der Waals surface area contributed by atoms with Crippen molar-refractivity contribution < 1.29 is 14.3 Å². The highest BCUT2D eigenvalue weighted by Crippen LogP contribution is 2.10. The first-order valence-corrected chi connectivity index (χ1v) is 6.87. The summed E-state index contributed by atoms with van der Waals surface area (Å²) in [6, 6.07) is -0.462. The summed E-state index contributed by atoms with van der Waals surface area (Å²) in [4.78, 5) is 25.6. The fraction of sp³-hybridized carbons (Fsp3) is 0.846. The molecule has 0 aromatic rings. The van der Waals surface area contributed by atoms with E-state index in [-0.39, 0.29) is 30.3 Å². The van der Waals surface area contributed by atoms with Gasteiger partial charge in [-0.05, 0) is 12.3 Å². The van der Waals surface area contributed by atoms with Gasteiger partial charge in [-0.25, -0.2) is 0 Å². The number of carbonyl (C=O) groups is 2. The van der Waals surface area contributed by atoms with Gasteiger partial charge in [0.15, 0.2) is 0 Å².